The Labute approximate surface area is 112 Å². The summed E-state index contributed by atoms with van der Waals surface area (Å²) in [5, 5.41) is 10.6. The molecular weight excluding hydrogens is 250 g/mol. The fourth-order valence-electron chi connectivity index (χ4n) is 1.88. The van der Waals surface area contributed by atoms with E-state index in [1.165, 1.54) is 14.2 Å². The Balaban J connectivity index is 3.06. The zero-order valence-corrected chi connectivity index (χ0v) is 11.4. The predicted octanol–water partition coefficient (Wildman–Crippen LogP) is -0.995. The molecule has 1 atom stereocenters. The molecule has 1 rings (SSSR count). The number of ether oxygens (including phenoxy) is 3. The SMILES string of the molecule is COc1cc(OC)c(C[C@@H]([NH3+])CC(=O)[O-])c(OC)c1. The highest BCUT2D eigenvalue weighted by molar-refractivity contribution is 5.65. The highest BCUT2D eigenvalue weighted by Crippen LogP contribution is 2.34. The number of benzene rings is 1. The van der Waals surface area contributed by atoms with Gasteiger partial charge in [0, 0.05) is 36.5 Å². The average Bonchev–Trinajstić information content (AvgIpc) is 2.37. The van der Waals surface area contributed by atoms with Crippen molar-refractivity contribution >= 4 is 5.97 Å². The van der Waals surface area contributed by atoms with Crippen LogP contribution in [0.5, 0.6) is 17.2 Å². The van der Waals surface area contributed by atoms with Gasteiger partial charge in [0.1, 0.15) is 17.2 Å². The van der Waals surface area contributed by atoms with Crippen molar-refractivity contribution in [3.8, 4) is 17.2 Å². The van der Waals surface area contributed by atoms with Crippen LogP contribution in [0.25, 0.3) is 0 Å². The van der Waals surface area contributed by atoms with E-state index in [4.69, 9.17) is 14.2 Å². The predicted molar refractivity (Wildman–Crippen MR) is 66.1 cm³/mol. The highest BCUT2D eigenvalue weighted by Gasteiger charge is 2.18. The van der Waals surface area contributed by atoms with Crippen molar-refractivity contribution in [3.63, 3.8) is 0 Å². The number of methoxy groups -OCH3 is 3. The van der Waals surface area contributed by atoms with Gasteiger partial charge in [-0.15, -0.1) is 0 Å². The van der Waals surface area contributed by atoms with Gasteiger partial charge in [-0.2, -0.15) is 0 Å². The second-order valence-corrected chi connectivity index (χ2v) is 4.16. The highest BCUT2D eigenvalue weighted by atomic mass is 16.5. The van der Waals surface area contributed by atoms with Crippen LogP contribution in [0.1, 0.15) is 12.0 Å². The minimum atomic E-state index is -1.12. The molecule has 0 aromatic heterocycles. The van der Waals surface area contributed by atoms with Gasteiger partial charge in [-0.3, -0.25) is 0 Å². The molecule has 0 fully saturated rings. The molecule has 0 unspecified atom stereocenters. The molecule has 0 aliphatic rings. The molecule has 19 heavy (non-hydrogen) atoms. The average molecular weight is 269 g/mol. The van der Waals surface area contributed by atoms with Crippen LogP contribution in [0.3, 0.4) is 0 Å². The summed E-state index contributed by atoms with van der Waals surface area (Å²) < 4.78 is 15.7. The van der Waals surface area contributed by atoms with E-state index in [0.29, 0.717) is 23.7 Å². The van der Waals surface area contributed by atoms with Crippen molar-refractivity contribution in [1.82, 2.24) is 0 Å². The number of carbonyl (C=O) groups excluding carboxylic acids is 1. The van der Waals surface area contributed by atoms with Crippen molar-refractivity contribution in [1.29, 1.82) is 0 Å². The summed E-state index contributed by atoms with van der Waals surface area (Å²) in [7, 11) is 4.62. The van der Waals surface area contributed by atoms with Gasteiger partial charge < -0.3 is 29.8 Å². The maximum absolute atomic E-state index is 10.6. The number of hydrogen-bond donors (Lipinski definition) is 1. The Bertz CT molecular complexity index is 422. The zero-order valence-electron chi connectivity index (χ0n) is 11.4. The fraction of sp³-hybridized carbons (Fsp3) is 0.462. The molecule has 0 heterocycles. The second kappa shape index (κ2) is 6.84. The van der Waals surface area contributed by atoms with Crippen LogP contribution >= 0.6 is 0 Å². The Morgan fingerprint density at radius 1 is 1.21 bits per heavy atom. The quantitative estimate of drug-likeness (QED) is 0.685. The molecule has 0 saturated heterocycles. The zero-order chi connectivity index (χ0) is 14.4. The van der Waals surface area contributed by atoms with E-state index in [1.807, 2.05) is 0 Å². The van der Waals surface area contributed by atoms with Gasteiger partial charge in [0.2, 0.25) is 0 Å². The van der Waals surface area contributed by atoms with Gasteiger partial charge in [-0.05, 0) is 0 Å². The maximum Gasteiger partial charge on any atom is 0.129 e. The summed E-state index contributed by atoms with van der Waals surface area (Å²) in [6, 6.07) is 3.13. The summed E-state index contributed by atoms with van der Waals surface area (Å²) >= 11 is 0. The lowest BCUT2D eigenvalue weighted by Crippen LogP contribution is -2.63. The summed E-state index contributed by atoms with van der Waals surface area (Å²) in [4.78, 5) is 10.6. The number of quaternary nitrogens is 1. The number of aliphatic carboxylic acids is 1. The monoisotopic (exact) mass is 269 g/mol. The first-order chi connectivity index (χ1) is 9.01. The lowest BCUT2D eigenvalue weighted by atomic mass is 10.0. The molecule has 0 aliphatic carbocycles. The molecule has 0 radical (unpaired) electrons. The Morgan fingerprint density at radius 3 is 2.11 bits per heavy atom. The van der Waals surface area contributed by atoms with Gasteiger partial charge in [0.25, 0.3) is 0 Å². The van der Waals surface area contributed by atoms with Crippen LogP contribution in [0.15, 0.2) is 12.1 Å². The smallest absolute Gasteiger partial charge is 0.129 e. The first kappa shape index (κ1) is 15.1. The van der Waals surface area contributed by atoms with Crippen LogP contribution in [-0.2, 0) is 11.2 Å². The molecule has 0 amide bonds. The van der Waals surface area contributed by atoms with Crippen LogP contribution < -0.4 is 25.1 Å². The van der Waals surface area contributed by atoms with Gasteiger partial charge in [0.15, 0.2) is 0 Å². The van der Waals surface area contributed by atoms with Crippen LogP contribution in [-0.4, -0.2) is 33.3 Å². The van der Waals surface area contributed by atoms with Gasteiger partial charge in [-0.25, -0.2) is 0 Å². The lowest BCUT2D eigenvalue weighted by Gasteiger charge is -2.17. The first-order valence-corrected chi connectivity index (χ1v) is 5.83. The molecule has 0 spiro atoms. The van der Waals surface area contributed by atoms with E-state index in [9.17, 15) is 9.90 Å². The van der Waals surface area contributed by atoms with E-state index in [0.717, 1.165) is 5.56 Å². The molecule has 6 heteroatoms. The van der Waals surface area contributed by atoms with E-state index < -0.39 is 5.97 Å². The van der Waals surface area contributed by atoms with E-state index in [2.05, 4.69) is 5.73 Å². The third-order valence-corrected chi connectivity index (χ3v) is 2.77. The lowest BCUT2D eigenvalue weighted by molar-refractivity contribution is -0.423. The first-order valence-electron chi connectivity index (χ1n) is 5.83. The third kappa shape index (κ3) is 4.03. The van der Waals surface area contributed by atoms with E-state index >= 15 is 0 Å². The van der Waals surface area contributed by atoms with E-state index in [-0.39, 0.29) is 12.5 Å². The molecule has 0 bridgehead atoms. The molecule has 6 nitrogen and oxygen atoms in total. The summed E-state index contributed by atoms with van der Waals surface area (Å²) in [6.07, 6.45) is 0.308. The molecular formula is C13H19NO5. The minimum absolute atomic E-state index is 0.113. The standard InChI is InChI=1S/C13H19NO5/c1-17-9-6-11(18-2)10(12(7-9)19-3)4-8(14)5-13(15)16/h6-8H,4-5,14H2,1-3H3,(H,15,16)/t8-/m1/s1. The van der Waals surface area contributed by atoms with Crippen molar-refractivity contribution < 1.29 is 29.8 Å². The van der Waals surface area contributed by atoms with Crippen LogP contribution in [0.2, 0.25) is 0 Å². The molecule has 0 aliphatic heterocycles. The van der Waals surface area contributed by atoms with Crippen molar-refractivity contribution in [2.75, 3.05) is 21.3 Å². The number of carbonyl (C=O) groups is 1. The van der Waals surface area contributed by atoms with Crippen LogP contribution in [0, 0.1) is 0 Å². The summed E-state index contributed by atoms with van der Waals surface area (Å²) in [5.74, 6) is 0.663. The maximum atomic E-state index is 10.6. The van der Waals surface area contributed by atoms with Gasteiger partial charge >= 0.3 is 0 Å². The second-order valence-electron chi connectivity index (χ2n) is 4.16. The Morgan fingerprint density at radius 2 is 1.74 bits per heavy atom. The molecule has 0 saturated carbocycles. The van der Waals surface area contributed by atoms with Gasteiger partial charge in [0.05, 0.1) is 27.4 Å². The largest absolute Gasteiger partial charge is 0.550 e. The molecule has 106 valence electrons. The molecule has 1 aromatic rings. The van der Waals surface area contributed by atoms with Gasteiger partial charge in [-0.1, -0.05) is 0 Å². The summed E-state index contributed by atoms with van der Waals surface area (Å²) in [5.41, 5.74) is 4.57. The number of rotatable bonds is 7. The Kier molecular flexibility index (Phi) is 5.44. The number of carboxylic acid groups (broad SMARTS) is 1. The topological polar surface area (TPSA) is 95.5 Å². The minimum Gasteiger partial charge on any atom is -0.550 e. The Hall–Kier alpha value is -1.95. The molecule has 1 aromatic carbocycles. The fourth-order valence-corrected chi connectivity index (χ4v) is 1.88. The van der Waals surface area contributed by atoms with Crippen molar-refractivity contribution in [3.05, 3.63) is 17.7 Å². The van der Waals surface area contributed by atoms with Crippen molar-refractivity contribution in [2.45, 2.75) is 18.9 Å². The third-order valence-electron chi connectivity index (χ3n) is 2.77. The molecule has 3 N–H and O–H groups in total. The summed E-state index contributed by atoms with van der Waals surface area (Å²) in [6.45, 7) is 0. The number of hydrogen-bond acceptors (Lipinski definition) is 5. The van der Waals surface area contributed by atoms with Crippen LogP contribution in [0.4, 0.5) is 0 Å². The number of carboxylic acids is 1. The van der Waals surface area contributed by atoms with E-state index in [1.54, 1.807) is 19.2 Å². The normalized spacial score (nSPS) is 11.8. The van der Waals surface area contributed by atoms with Crippen molar-refractivity contribution in [2.24, 2.45) is 0 Å².